The highest BCUT2D eigenvalue weighted by Crippen LogP contribution is 2.36. The molecule has 0 atom stereocenters. The van der Waals surface area contributed by atoms with Gasteiger partial charge < -0.3 is 26.5 Å². The number of amides is 1. The second kappa shape index (κ2) is 6.29. The number of primary amides is 1. The van der Waals surface area contributed by atoms with Gasteiger partial charge in [0.05, 0.1) is 18.4 Å². The number of nitrogens with two attached hydrogens (primary N) is 2. The van der Waals surface area contributed by atoms with Gasteiger partial charge >= 0.3 is 5.97 Å². The number of nitrogen functional groups attached to an aromatic ring is 1. The second-order valence-corrected chi connectivity index (χ2v) is 5.83. The molecule has 0 radical (unpaired) electrons. The molecule has 8 nitrogen and oxygen atoms in total. The number of piperazine rings is 1. The van der Waals surface area contributed by atoms with Crippen molar-refractivity contribution in [1.82, 2.24) is 9.91 Å². The summed E-state index contributed by atoms with van der Waals surface area (Å²) < 4.78 is 4.66. The highest BCUT2D eigenvalue weighted by atomic mass is 32.1. The van der Waals surface area contributed by atoms with Crippen LogP contribution in [0.5, 0.6) is 0 Å². The zero-order valence-electron chi connectivity index (χ0n) is 12.0. The monoisotopic (exact) mass is 313 g/mol. The summed E-state index contributed by atoms with van der Waals surface area (Å²) in [6.45, 7) is 3.40. The molecule has 0 bridgehead atoms. The minimum absolute atomic E-state index is 0.0657. The lowest BCUT2D eigenvalue weighted by Gasteiger charge is -2.32. The van der Waals surface area contributed by atoms with E-state index in [0.29, 0.717) is 5.00 Å². The van der Waals surface area contributed by atoms with E-state index in [4.69, 9.17) is 11.5 Å². The lowest BCUT2D eigenvalue weighted by Crippen LogP contribution is -2.47. The number of thiophene rings is 1. The van der Waals surface area contributed by atoms with E-state index >= 15 is 0 Å². The molecular formula is C12H19N5O3S. The fraction of sp³-hybridized carbons (Fsp3) is 0.500. The number of nitrogens with zero attached hydrogens (tertiary/aromatic N) is 2. The van der Waals surface area contributed by atoms with Gasteiger partial charge in [0.2, 0.25) is 0 Å². The van der Waals surface area contributed by atoms with Gasteiger partial charge in [0.25, 0.3) is 5.91 Å². The van der Waals surface area contributed by atoms with Gasteiger partial charge in [-0.3, -0.25) is 4.79 Å². The molecule has 1 aromatic rings. The van der Waals surface area contributed by atoms with Crippen LogP contribution >= 0.6 is 11.3 Å². The topological polar surface area (TPSA) is 114 Å². The number of anilines is 2. The lowest BCUT2D eigenvalue weighted by molar-refractivity contribution is 0.0607. The van der Waals surface area contributed by atoms with E-state index in [-0.39, 0.29) is 16.1 Å². The largest absolute Gasteiger partial charge is 0.465 e. The smallest absolute Gasteiger partial charge is 0.350 e. The van der Waals surface area contributed by atoms with Gasteiger partial charge in [0.1, 0.15) is 9.88 Å². The molecule has 9 heteroatoms. The first-order valence-corrected chi connectivity index (χ1v) is 7.26. The molecule has 1 saturated heterocycles. The first-order valence-electron chi connectivity index (χ1n) is 6.44. The molecule has 0 unspecified atom stereocenters. The Labute approximate surface area is 126 Å². The number of likely N-dealkylation sites (N-methyl/N-ethyl adjacent to an activating group) is 1. The van der Waals surface area contributed by atoms with Crippen molar-refractivity contribution in [3.05, 3.63) is 10.4 Å². The molecule has 116 valence electrons. The third-order valence-electron chi connectivity index (χ3n) is 3.33. The van der Waals surface area contributed by atoms with E-state index in [0.717, 1.165) is 37.5 Å². The zero-order valence-corrected chi connectivity index (χ0v) is 12.8. The lowest BCUT2D eigenvalue weighted by atomic mass is 10.2. The Morgan fingerprint density at radius 1 is 1.29 bits per heavy atom. The molecule has 1 fully saturated rings. The quantitative estimate of drug-likeness (QED) is 0.659. The number of hydrazine groups is 1. The van der Waals surface area contributed by atoms with E-state index in [1.807, 2.05) is 12.1 Å². The van der Waals surface area contributed by atoms with Gasteiger partial charge in [-0.15, -0.1) is 11.3 Å². The molecule has 1 aromatic heterocycles. The summed E-state index contributed by atoms with van der Waals surface area (Å²) in [5.74, 6) is -1.25. The van der Waals surface area contributed by atoms with Gasteiger partial charge in [-0.1, -0.05) is 0 Å². The van der Waals surface area contributed by atoms with Crippen LogP contribution in [0.2, 0.25) is 0 Å². The number of rotatable bonds is 4. The van der Waals surface area contributed by atoms with Gasteiger partial charge in [0, 0.05) is 26.2 Å². The maximum absolute atomic E-state index is 11.7. The van der Waals surface area contributed by atoms with Crippen molar-refractivity contribution in [1.29, 1.82) is 0 Å². The number of esters is 1. The van der Waals surface area contributed by atoms with Crippen molar-refractivity contribution < 1.29 is 14.3 Å². The molecule has 1 amide bonds. The average molecular weight is 313 g/mol. The SMILES string of the molecule is COC(=O)c1sc(NN2CCN(C)CC2)c(C(N)=O)c1N. The number of carbonyl (C=O) groups is 2. The summed E-state index contributed by atoms with van der Waals surface area (Å²) in [4.78, 5) is 25.6. The Morgan fingerprint density at radius 3 is 2.43 bits per heavy atom. The maximum atomic E-state index is 11.7. The maximum Gasteiger partial charge on any atom is 0.350 e. The van der Waals surface area contributed by atoms with E-state index in [1.54, 1.807) is 0 Å². The Kier molecular flexibility index (Phi) is 4.66. The Bertz CT molecular complexity index is 551. The normalized spacial score (nSPS) is 16.7. The summed E-state index contributed by atoms with van der Waals surface area (Å²) >= 11 is 1.07. The van der Waals surface area contributed by atoms with E-state index < -0.39 is 11.9 Å². The van der Waals surface area contributed by atoms with Gasteiger partial charge in [-0.25, -0.2) is 9.80 Å². The summed E-state index contributed by atoms with van der Waals surface area (Å²) in [7, 11) is 3.31. The van der Waals surface area contributed by atoms with Crippen LogP contribution in [-0.4, -0.2) is 62.1 Å². The standard InChI is InChI=1S/C12H19N5O3S/c1-16-3-5-17(6-4-16)15-11-7(10(14)18)8(13)9(21-11)12(19)20-2/h15H,3-6,13H2,1-2H3,(H2,14,18). The van der Waals surface area contributed by atoms with Crippen molar-refractivity contribution in [2.75, 3.05) is 51.5 Å². The van der Waals surface area contributed by atoms with Crippen LogP contribution in [-0.2, 0) is 4.74 Å². The van der Waals surface area contributed by atoms with Gasteiger partial charge in [-0.2, -0.15) is 0 Å². The predicted octanol–water partition coefficient (Wildman–Crippen LogP) is -0.210. The number of ether oxygens (including phenoxy) is 1. The molecule has 21 heavy (non-hydrogen) atoms. The molecule has 0 aliphatic carbocycles. The van der Waals surface area contributed by atoms with E-state index in [2.05, 4.69) is 15.1 Å². The fourth-order valence-electron chi connectivity index (χ4n) is 2.07. The fourth-order valence-corrected chi connectivity index (χ4v) is 3.14. The van der Waals surface area contributed by atoms with Crippen LogP contribution in [0.4, 0.5) is 10.7 Å². The van der Waals surface area contributed by atoms with Crippen molar-refractivity contribution in [3.63, 3.8) is 0 Å². The number of nitrogens with one attached hydrogen (secondary N) is 1. The average Bonchev–Trinajstić information content (AvgIpc) is 2.77. The highest BCUT2D eigenvalue weighted by molar-refractivity contribution is 7.19. The van der Waals surface area contributed by atoms with Crippen LogP contribution in [0, 0.1) is 0 Å². The number of carbonyl (C=O) groups excluding carboxylic acids is 2. The highest BCUT2D eigenvalue weighted by Gasteiger charge is 2.26. The first kappa shape index (κ1) is 15.5. The summed E-state index contributed by atoms with van der Waals surface area (Å²) in [6, 6.07) is 0. The number of hydrogen-bond donors (Lipinski definition) is 3. The Hall–Kier alpha value is -1.84. The van der Waals surface area contributed by atoms with Gasteiger partial charge in [0.15, 0.2) is 0 Å². The van der Waals surface area contributed by atoms with Crippen LogP contribution in [0.3, 0.4) is 0 Å². The molecule has 0 aromatic carbocycles. The Balaban J connectivity index is 2.25. The van der Waals surface area contributed by atoms with Gasteiger partial charge in [-0.05, 0) is 7.05 Å². The van der Waals surface area contributed by atoms with Crippen LogP contribution < -0.4 is 16.9 Å². The molecule has 0 saturated carbocycles. The third kappa shape index (κ3) is 3.26. The van der Waals surface area contributed by atoms with Crippen molar-refractivity contribution in [2.45, 2.75) is 0 Å². The predicted molar refractivity (Wildman–Crippen MR) is 81.3 cm³/mol. The minimum Gasteiger partial charge on any atom is -0.465 e. The molecule has 5 N–H and O–H groups in total. The first-order chi connectivity index (χ1) is 9.93. The summed E-state index contributed by atoms with van der Waals surface area (Å²) in [5.41, 5.74) is 14.5. The van der Waals surface area contributed by atoms with Crippen molar-refractivity contribution in [2.24, 2.45) is 5.73 Å². The van der Waals surface area contributed by atoms with Crippen LogP contribution in [0.1, 0.15) is 20.0 Å². The van der Waals surface area contributed by atoms with Crippen molar-refractivity contribution >= 4 is 33.9 Å². The number of hydrogen-bond acceptors (Lipinski definition) is 8. The van der Waals surface area contributed by atoms with Crippen LogP contribution in [0.25, 0.3) is 0 Å². The molecule has 2 heterocycles. The molecular weight excluding hydrogens is 294 g/mol. The molecule has 2 rings (SSSR count). The molecule has 1 aliphatic rings. The molecule has 1 aliphatic heterocycles. The van der Waals surface area contributed by atoms with Crippen molar-refractivity contribution in [3.8, 4) is 0 Å². The molecule has 0 spiro atoms. The second-order valence-electron chi connectivity index (χ2n) is 4.81. The van der Waals surface area contributed by atoms with E-state index in [9.17, 15) is 9.59 Å². The summed E-state index contributed by atoms with van der Waals surface area (Å²) in [6.07, 6.45) is 0. The number of methoxy groups -OCH3 is 1. The summed E-state index contributed by atoms with van der Waals surface area (Å²) in [5, 5.41) is 2.45. The Morgan fingerprint density at radius 2 is 1.90 bits per heavy atom. The van der Waals surface area contributed by atoms with E-state index in [1.165, 1.54) is 7.11 Å². The third-order valence-corrected chi connectivity index (χ3v) is 4.42. The zero-order chi connectivity index (χ0) is 15.6. The minimum atomic E-state index is -0.671. The van der Waals surface area contributed by atoms with Crippen LogP contribution in [0.15, 0.2) is 0 Å².